The van der Waals surface area contributed by atoms with Crippen molar-refractivity contribution in [3.63, 3.8) is 0 Å². The van der Waals surface area contributed by atoms with Crippen molar-refractivity contribution >= 4 is 43.9 Å². The molecule has 7 heteroatoms. The summed E-state index contributed by atoms with van der Waals surface area (Å²) in [6.45, 7) is 4.34. The van der Waals surface area contributed by atoms with Gasteiger partial charge in [-0.15, -0.1) is 11.3 Å². The minimum Gasteiger partial charge on any atom is -0.361 e. The number of H-pyrrole nitrogens is 1. The van der Waals surface area contributed by atoms with E-state index in [1.54, 1.807) is 17.5 Å². The van der Waals surface area contributed by atoms with Crippen molar-refractivity contribution in [3.05, 3.63) is 52.5 Å². The summed E-state index contributed by atoms with van der Waals surface area (Å²) in [6, 6.07) is 9.00. The van der Waals surface area contributed by atoms with Crippen molar-refractivity contribution in [1.29, 1.82) is 0 Å². The van der Waals surface area contributed by atoms with Crippen molar-refractivity contribution in [2.45, 2.75) is 23.5 Å². The van der Waals surface area contributed by atoms with Gasteiger partial charge in [-0.3, -0.25) is 0 Å². The molecule has 1 aromatic carbocycles. The smallest absolute Gasteiger partial charge is 0.250 e. The van der Waals surface area contributed by atoms with Crippen LogP contribution in [0.1, 0.15) is 19.4 Å². The van der Waals surface area contributed by atoms with Crippen molar-refractivity contribution in [2.75, 3.05) is 6.54 Å². The van der Waals surface area contributed by atoms with Crippen molar-refractivity contribution in [3.8, 4) is 0 Å². The molecule has 0 amide bonds. The molecule has 0 bridgehead atoms. The van der Waals surface area contributed by atoms with Gasteiger partial charge in [0, 0.05) is 34.1 Å². The van der Waals surface area contributed by atoms with Crippen LogP contribution in [0, 0.1) is 0 Å². The molecule has 2 heterocycles. The number of fused-ring (bicyclic) bond motifs is 1. The van der Waals surface area contributed by atoms with Crippen LogP contribution in [-0.2, 0) is 15.4 Å². The highest BCUT2D eigenvalue weighted by atomic mass is 35.5. The standard InChI is InChI=1S/C16H17ClN2O2S2/c1-16(2,10-19-23(20,21)15-4-3-7-22-15)13-9-18-14-8-11(17)5-6-12(13)14/h3-9,18-19H,10H2,1-2H3. The lowest BCUT2D eigenvalue weighted by Crippen LogP contribution is -2.36. The van der Waals surface area contributed by atoms with Gasteiger partial charge in [-0.2, -0.15) is 0 Å². The van der Waals surface area contributed by atoms with E-state index in [0.29, 0.717) is 15.8 Å². The number of hydrogen-bond acceptors (Lipinski definition) is 3. The second-order valence-electron chi connectivity index (χ2n) is 6.03. The molecular weight excluding hydrogens is 352 g/mol. The van der Waals surface area contributed by atoms with Gasteiger partial charge in [0.25, 0.3) is 0 Å². The van der Waals surface area contributed by atoms with Crippen LogP contribution < -0.4 is 4.72 Å². The first-order valence-corrected chi connectivity index (χ1v) is 9.84. The zero-order valence-electron chi connectivity index (χ0n) is 12.8. The molecule has 0 aliphatic heterocycles. The van der Waals surface area contributed by atoms with Gasteiger partial charge < -0.3 is 4.98 Å². The maximum atomic E-state index is 12.3. The number of thiophene rings is 1. The van der Waals surface area contributed by atoms with Gasteiger partial charge in [0.05, 0.1) is 0 Å². The van der Waals surface area contributed by atoms with Gasteiger partial charge >= 0.3 is 0 Å². The Morgan fingerprint density at radius 1 is 1.30 bits per heavy atom. The molecule has 23 heavy (non-hydrogen) atoms. The van der Waals surface area contributed by atoms with Gasteiger partial charge in [0.1, 0.15) is 4.21 Å². The number of benzene rings is 1. The topological polar surface area (TPSA) is 62.0 Å². The molecule has 0 atom stereocenters. The quantitative estimate of drug-likeness (QED) is 0.711. The van der Waals surface area contributed by atoms with Crippen LogP contribution in [0.2, 0.25) is 5.02 Å². The second kappa shape index (κ2) is 5.94. The Kier molecular flexibility index (Phi) is 4.27. The van der Waals surface area contributed by atoms with E-state index in [4.69, 9.17) is 11.6 Å². The van der Waals surface area contributed by atoms with Gasteiger partial charge in [0.15, 0.2) is 0 Å². The maximum absolute atomic E-state index is 12.3. The molecule has 0 saturated heterocycles. The van der Waals surface area contributed by atoms with E-state index in [0.717, 1.165) is 16.5 Å². The molecule has 2 aromatic heterocycles. The summed E-state index contributed by atoms with van der Waals surface area (Å²) in [5, 5.41) is 3.47. The van der Waals surface area contributed by atoms with Crippen LogP contribution in [0.25, 0.3) is 10.9 Å². The molecule has 3 aromatic rings. The number of sulfonamides is 1. The first kappa shape index (κ1) is 16.5. The lowest BCUT2D eigenvalue weighted by Gasteiger charge is -2.24. The molecule has 3 rings (SSSR count). The second-order valence-corrected chi connectivity index (χ2v) is 9.41. The number of rotatable bonds is 5. The molecular formula is C16H17ClN2O2S2. The number of nitrogens with one attached hydrogen (secondary N) is 2. The molecule has 0 unspecified atom stereocenters. The Bertz CT molecular complexity index is 928. The van der Waals surface area contributed by atoms with Gasteiger partial charge in [-0.05, 0) is 29.1 Å². The van der Waals surface area contributed by atoms with E-state index in [9.17, 15) is 8.42 Å². The van der Waals surface area contributed by atoms with Crippen LogP contribution in [0.3, 0.4) is 0 Å². The van der Waals surface area contributed by atoms with E-state index in [2.05, 4.69) is 9.71 Å². The fourth-order valence-corrected chi connectivity index (χ4v) is 4.94. The summed E-state index contributed by atoms with van der Waals surface area (Å²) in [6.07, 6.45) is 1.92. The minimum absolute atomic E-state index is 0.308. The predicted molar refractivity (Wildman–Crippen MR) is 95.8 cm³/mol. The van der Waals surface area contributed by atoms with Crippen molar-refractivity contribution < 1.29 is 8.42 Å². The van der Waals surface area contributed by atoms with E-state index < -0.39 is 10.0 Å². The van der Waals surface area contributed by atoms with Crippen LogP contribution in [0.4, 0.5) is 0 Å². The number of hydrogen-bond donors (Lipinski definition) is 2. The number of aromatic nitrogens is 1. The predicted octanol–water partition coefficient (Wildman–Crippen LogP) is 4.14. The third-order valence-electron chi connectivity index (χ3n) is 3.84. The zero-order valence-corrected chi connectivity index (χ0v) is 15.1. The fraction of sp³-hybridized carbons (Fsp3) is 0.250. The molecule has 0 saturated carbocycles. The maximum Gasteiger partial charge on any atom is 0.250 e. The molecule has 2 N–H and O–H groups in total. The number of halogens is 1. The van der Waals surface area contributed by atoms with Crippen molar-refractivity contribution in [2.24, 2.45) is 0 Å². The Labute approximate surface area is 144 Å². The van der Waals surface area contributed by atoms with Gasteiger partial charge in [-0.25, -0.2) is 13.1 Å². The Morgan fingerprint density at radius 2 is 2.09 bits per heavy atom. The van der Waals surface area contributed by atoms with Crippen LogP contribution >= 0.6 is 22.9 Å². The molecule has 122 valence electrons. The Balaban J connectivity index is 1.86. The molecule has 0 spiro atoms. The average Bonchev–Trinajstić information content (AvgIpc) is 3.14. The van der Waals surface area contributed by atoms with Crippen LogP contribution in [0.5, 0.6) is 0 Å². The highest BCUT2D eigenvalue weighted by molar-refractivity contribution is 7.91. The average molecular weight is 369 g/mol. The van der Waals surface area contributed by atoms with Gasteiger partial charge in [0.2, 0.25) is 10.0 Å². The van der Waals surface area contributed by atoms with E-state index in [1.165, 1.54) is 11.3 Å². The summed E-state index contributed by atoms with van der Waals surface area (Å²) in [4.78, 5) is 3.20. The Hall–Kier alpha value is -1.34. The first-order valence-electron chi connectivity index (χ1n) is 7.10. The molecule has 0 aliphatic rings. The molecule has 0 radical (unpaired) electrons. The summed E-state index contributed by atoms with van der Waals surface area (Å²) in [7, 11) is -3.46. The third kappa shape index (κ3) is 3.30. The summed E-state index contributed by atoms with van der Waals surface area (Å²) in [5.74, 6) is 0. The summed E-state index contributed by atoms with van der Waals surface area (Å²) < 4.78 is 27.6. The van der Waals surface area contributed by atoms with E-state index in [1.807, 2.05) is 38.2 Å². The highest BCUT2D eigenvalue weighted by Crippen LogP contribution is 2.31. The molecule has 4 nitrogen and oxygen atoms in total. The zero-order chi connectivity index (χ0) is 16.7. The normalized spacial score (nSPS) is 12.8. The Morgan fingerprint density at radius 3 is 2.78 bits per heavy atom. The lowest BCUT2D eigenvalue weighted by atomic mass is 9.85. The minimum atomic E-state index is -3.46. The van der Waals surface area contributed by atoms with Crippen LogP contribution in [0.15, 0.2) is 46.1 Å². The van der Waals surface area contributed by atoms with Crippen LogP contribution in [-0.4, -0.2) is 19.9 Å². The lowest BCUT2D eigenvalue weighted by molar-refractivity contribution is 0.505. The molecule has 0 aliphatic carbocycles. The van der Waals surface area contributed by atoms with E-state index >= 15 is 0 Å². The fourth-order valence-electron chi connectivity index (χ4n) is 2.52. The monoisotopic (exact) mass is 368 g/mol. The van der Waals surface area contributed by atoms with Gasteiger partial charge in [-0.1, -0.05) is 37.6 Å². The number of aromatic amines is 1. The molecule has 0 fully saturated rings. The first-order chi connectivity index (χ1) is 10.8. The van der Waals surface area contributed by atoms with Crippen molar-refractivity contribution in [1.82, 2.24) is 9.71 Å². The summed E-state index contributed by atoms with van der Waals surface area (Å²) in [5.41, 5.74) is 1.64. The van der Waals surface area contributed by atoms with E-state index in [-0.39, 0.29) is 5.41 Å². The third-order valence-corrected chi connectivity index (χ3v) is 6.87. The highest BCUT2D eigenvalue weighted by Gasteiger charge is 2.27. The largest absolute Gasteiger partial charge is 0.361 e. The summed E-state index contributed by atoms with van der Waals surface area (Å²) >= 11 is 7.22. The SMILES string of the molecule is CC(C)(CNS(=O)(=O)c1cccs1)c1c[nH]c2cc(Cl)ccc12.